The van der Waals surface area contributed by atoms with Crippen molar-refractivity contribution in [3.63, 3.8) is 0 Å². The van der Waals surface area contributed by atoms with Crippen LogP contribution in [0.5, 0.6) is 0 Å². The highest BCUT2D eigenvalue weighted by Crippen LogP contribution is 2.15. The molecule has 3 rings (SSSR count). The second kappa shape index (κ2) is 8.84. The maximum Gasteiger partial charge on any atom is 0.240 e. The quantitative estimate of drug-likeness (QED) is 0.756. The monoisotopic (exact) mass is 348 g/mol. The van der Waals surface area contributed by atoms with E-state index in [-0.39, 0.29) is 12.2 Å². The number of nitrogens with zero attached hydrogens (tertiary/aromatic N) is 5. The molecule has 9 heteroatoms. The molecule has 1 saturated heterocycles. The van der Waals surface area contributed by atoms with Crippen LogP contribution in [-0.4, -0.2) is 64.2 Å². The second-order valence-corrected chi connectivity index (χ2v) is 5.86. The minimum atomic E-state index is -0.156. The van der Waals surface area contributed by atoms with Crippen LogP contribution in [-0.2, 0) is 16.0 Å². The van der Waals surface area contributed by atoms with Gasteiger partial charge < -0.3 is 19.3 Å². The molecule has 136 valence electrons. The van der Waals surface area contributed by atoms with Gasteiger partial charge in [0.15, 0.2) is 5.82 Å². The van der Waals surface area contributed by atoms with Gasteiger partial charge in [0.1, 0.15) is 11.9 Å². The van der Waals surface area contributed by atoms with Crippen LogP contribution >= 0.6 is 0 Å². The Bertz CT molecular complexity index is 638. The van der Waals surface area contributed by atoms with E-state index in [4.69, 9.17) is 14.0 Å². The van der Waals surface area contributed by atoms with Crippen LogP contribution in [0.4, 0.5) is 5.82 Å². The Morgan fingerprint density at radius 1 is 1.48 bits per heavy atom. The number of aromatic nitrogens is 4. The Kier molecular flexibility index (Phi) is 6.26. The third-order valence-electron chi connectivity index (χ3n) is 3.93. The Morgan fingerprint density at radius 3 is 3.20 bits per heavy atom. The van der Waals surface area contributed by atoms with Gasteiger partial charge in [0.25, 0.3) is 0 Å². The molecule has 2 aromatic rings. The van der Waals surface area contributed by atoms with Crippen LogP contribution in [0, 0.1) is 0 Å². The normalized spacial score (nSPS) is 19.7. The van der Waals surface area contributed by atoms with Gasteiger partial charge in [-0.15, -0.1) is 5.10 Å². The van der Waals surface area contributed by atoms with Crippen LogP contribution < -0.4 is 5.32 Å². The van der Waals surface area contributed by atoms with Gasteiger partial charge in [-0.1, -0.05) is 5.16 Å². The first kappa shape index (κ1) is 17.7. The highest BCUT2D eigenvalue weighted by Gasteiger charge is 2.23. The first-order chi connectivity index (χ1) is 12.2. The SMILES string of the molecule is CCOC(C)c1noc(CN2CCOC(CNc3cccnn3)C2)n1. The Labute approximate surface area is 146 Å². The molecule has 25 heavy (non-hydrogen) atoms. The zero-order valence-corrected chi connectivity index (χ0v) is 14.6. The summed E-state index contributed by atoms with van der Waals surface area (Å²) in [6.07, 6.45) is 1.56. The predicted octanol–water partition coefficient (Wildman–Crippen LogP) is 1.27. The molecule has 1 N–H and O–H groups in total. The molecule has 0 aromatic carbocycles. The Hall–Kier alpha value is -2.10. The number of nitrogens with one attached hydrogen (secondary N) is 1. The van der Waals surface area contributed by atoms with E-state index >= 15 is 0 Å². The summed E-state index contributed by atoms with van der Waals surface area (Å²) in [6, 6.07) is 3.73. The van der Waals surface area contributed by atoms with Crippen LogP contribution in [0.25, 0.3) is 0 Å². The lowest BCUT2D eigenvalue weighted by Crippen LogP contribution is -2.44. The molecule has 0 radical (unpaired) electrons. The molecule has 0 amide bonds. The fourth-order valence-electron chi connectivity index (χ4n) is 2.67. The van der Waals surface area contributed by atoms with E-state index in [1.807, 2.05) is 26.0 Å². The van der Waals surface area contributed by atoms with Gasteiger partial charge in [0.05, 0.1) is 19.3 Å². The van der Waals surface area contributed by atoms with Crippen molar-refractivity contribution >= 4 is 5.82 Å². The zero-order valence-electron chi connectivity index (χ0n) is 14.6. The summed E-state index contributed by atoms with van der Waals surface area (Å²) in [5, 5.41) is 15.1. The van der Waals surface area contributed by atoms with Crippen LogP contribution in [0.15, 0.2) is 22.9 Å². The van der Waals surface area contributed by atoms with Crippen molar-refractivity contribution in [3.05, 3.63) is 30.0 Å². The average molecular weight is 348 g/mol. The smallest absolute Gasteiger partial charge is 0.240 e. The maximum absolute atomic E-state index is 5.80. The van der Waals surface area contributed by atoms with E-state index in [2.05, 4.69) is 30.6 Å². The standard InChI is InChI=1S/C16H24N6O3/c1-3-23-12(2)16-19-15(25-21-16)11-22-7-8-24-13(10-22)9-17-14-5-4-6-18-20-14/h4-6,12-13H,3,7-11H2,1-2H3,(H,17,20). The lowest BCUT2D eigenvalue weighted by molar-refractivity contribution is -0.0268. The predicted molar refractivity (Wildman–Crippen MR) is 89.9 cm³/mol. The van der Waals surface area contributed by atoms with Crippen molar-refractivity contribution in [2.75, 3.05) is 38.2 Å². The number of hydrogen-bond donors (Lipinski definition) is 1. The van der Waals surface area contributed by atoms with Crippen molar-refractivity contribution in [2.45, 2.75) is 32.6 Å². The van der Waals surface area contributed by atoms with Crippen molar-refractivity contribution in [1.29, 1.82) is 0 Å². The van der Waals surface area contributed by atoms with E-state index in [0.717, 1.165) is 18.9 Å². The molecule has 2 aromatic heterocycles. The number of ether oxygens (including phenoxy) is 2. The van der Waals surface area contributed by atoms with Crippen LogP contribution in [0.2, 0.25) is 0 Å². The molecule has 0 saturated carbocycles. The minimum Gasteiger partial charge on any atom is -0.374 e. The highest BCUT2D eigenvalue weighted by atomic mass is 16.5. The largest absolute Gasteiger partial charge is 0.374 e. The lowest BCUT2D eigenvalue weighted by atomic mass is 10.2. The van der Waals surface area contributed by atoms with Gasteiger partial charge in [0.2, 0.25) is 5.89 Å². The molecule has 1 aliphatic rings. The van der Waals surface area contributed by atoms with Gasteiger partial charge in [-0.2, -0.15) is 10.1 Å². The minimum absolute atomic E-state index is 0.0699. The third kappa shape index (κ3) is 5.18. The van der Waals surface area contributed by atoms with E-state index in [1.165, 1.54) is 0 Å². The first-order valence-corrected chi connectivity index (χ1v) is 8.54. The summed E-state index contributed by atoms with van der Waals surface area (Å²) in [6.45, 7) is 8.05. The zero-order chi connectivity index (χ0) is 17.5. The number of hydrogen-bond acceptors (Lipinski definition) is 9. The van der Waals surface area contributed by atoms with Gasteiger partial charge in [-0.3, -0.25) is 4.90 Å². The summed E-state index contributed by atoms with van der Waals surface area (Å²) < 4.78 is 16.6. The average Bonchev–Trinajstić information content (AvgIpc) is 3.10. The molecular weight excluding hydrogens is 324 g/mol. The second-order valence-electron chi connectivity index (χ2n) is 5.86. The van der Waals surface area contributed by atoms with Gasteiger partial charge >= 0.3 is 0 Å². The Balaban J connectivity index is 1.48. The topological polar surface area (TPSA) is 98.4 Å². The summed E-state index contributed by atoms with van der Waals surface area (Å²) in [7, 11) is 0. The maximum atomic E-state index is 5.80. The molecule has 0 spiro atoms. The molecule has 9 nitrogen and oxygen atoms in total. The fourth-order valence-corrected chi connectivity index (χ4v) is 2.67. The van der Waals surface area contributed by atoms with Crippen molar-refractivity contribution in [1.82, 2.24) is 25.2 Å². The highest BCUT2D eigenvalue weighted by molar-refractivity contribution is 5.31. The first-order valence-electron chi connectivity index (χ1n) is 8.54. The molecule has 0 aliphatic carbocycles. The molecule has 1 fully saturated rings. The van der Waals surface area contributed by atoms with E-state index in [9.17, 15) is 0 Å². The summed E-state index contributed by atoms with van der Waals surface area (Å²) >= 11 is 0. The number of morpholine rings is 1. The Morgan fingerprint density at radius 2 is 2.40 bits per heavy atom. The van der Waals surface area contributed by atoms with E-state index in [0.29, 0.717) is 38.0 Å². The number of rotatable bonds is 8. The molecule has 2 unspecified atom stereocenters. The van der Waals surface area contributed by atoms with Gasteiger partial charge in [0, 0.05) is 32.4 Å². The summed E-state index contributed by atoms with van der Waals surface area (Å²) in [5.41, 5.74) is 0. The fraction of sp³-hybridized carbons (Fsp3) is 0.625. The van der Waals surface area contributed by atoms with E-state index < -0.39 is 0 Å². The summed E-state index contributed by atoms with van der Waals surface area (Å²) in [4.78, 5) is 6.67. The molecule has 0 bridgehead atoms. The molecule has 1 aliphatic heterocycles. The van der Waals surface area contributed by atoms with Crippen molar-refractivity contribution < 1.29 is 14.0 Å². The van der Waals surface area contributed by atoms with Gasteiger partial charge in [-0.05, 0) is 26.0 Å². The lowest BCUT2D eigenvalue weighted by Gasteiger charge is -2.32. The molecular formula is C16H24N6O3. The molecule has 2 atom stereocenters. The van der Waals surface area contributed by atoms with Crippen molar-refractivity contribution in [3.8, 4) is 0 Å². The van der Waals surface area contributed by atoms with Gasteiger partial charge in [-0.25, -0.2) is 0 Å². The third-order valence-corrected chi connectivity index (χ3v) is 3.93. The van der Waals surface area contributed by atoms with Crippen LogP contribution in [0.3, 0.4) is 0 Å². The molecule has 3 heterocycles. The van der Waals surface area contributed by atoms with E-state index in [1.54, 1.807) is 6.20 Å². The van der Waals surface area contributed by atoms with Crippen molar-refractivity contribution in [2.24, 2.45) is 0 Å². The number of anilines is 1. The van der Waals surface area contributed by atoms with Crippen LogP contribution in [0.1, 0.15) is 31.7 Å². The summed E-state index contributed by atoms with van der Waals surface area (Å²) in [5.74, 6) is 1.93.